The Balaban J connectivity index is 2.00. The number of carbonyl (C=O) groups is 1. The molecule has 0 atom stereocenters. The Hall–Kier alpha value is -4.07. The molecular formula is C22H20N2O6. The molecule has 3 aromatic carbocycles. The molecule has 0 saturated heterocycles. The van der Waals surface area contributed by atoms with Crippen LogP contribution >= 0.6 is 0 Å². The van der Waals surface area contributed by atoms with Crippen molar-refractivity contribution in [1.29, 1.82) is 0 Å². The number of non-ortho nitro benzene ring substituents is 1. The summed E-state index contributed by atoms with van der Waals surface area (Å²) in [4.78, 5) is 25.3. The third-order valence-corrected chi connectivity index (χ3v) is 4.43. The summed E-state index contributed by atoms with van der Waals surface area (Å²) < 4.78 is 16.3. The molecule has 0 fully saturated rings. The Kier molecular flexibility index (Phi) is 6.17. The lowest BCUT2D eigenvalue weighted by molar-refractivity contribution is -0.384. The van der Waals surface area contributed by atoms with E-state index in [0.29, 0.717) is 22.9 Å². The van der Waals surface area contributed by atoms with Gasteiger partial charge in [-0.1, -0.05) is 18.2 Å². The van der Waals surface area contributed by atoms with Crippen molar-refractivity contribution >= 4 is 17.3 Å². The van der Waals surface area contributed by atoms with Crippen LogP contribution in [0.15, 0.2) is 66.7 Å². The van der Waals surface area contributed by atoms with Gasteiger partial charge in [0.2, 0.25) is 0 Å². The van der Waals surface area contributed by atoms with Gasteiger partial charge in [-0.2, -0.15) is 0 Å². The summed E-state index contributed by atoms with van der Waals surface area (Å²) in [5.74, 6) is 1.22. The number of amides is 1. The lowest BCUT2D eigenvalue weighted by Crippen LogP contribution is -2.26. The Morgan fingerprint density at radius 1 is 0.900 bits per heavy atom. The largest absolute Gasteiger partial charge is 0.493 e. The first-order valence-corrected chi connectivity index (χ1v) is 8.96. The van der Waals surface area contributed by atoms with Crippen LogP contribution < -0.4 is 19.1 Å². The first-order chi connectivity index (χ1) is 14.4. The number of nitrogens with zero attached hydrogens (tertiary/aromatic N) is 2. The van der Waals surface area contributed by atoms with E-state index >= 15 is 0 Å². The summed E-state index contributed by atoms with van der Waals surface area (Å²) in [5.41, 5.74) is 0.375. The Bertz CT molecular complexity index is 1070. The van der Waals surface area contributed by atoms with Gasteiger partial charge in [0.25, 0.3) is 11.6 Å². The zero-order valence-electron chi connectivity index (χ0n) is 16.7. The van der Waals surface area contributed by atoms with Crippen LogP contribution in [0.2, 0.25) is 0 Å². The molecule has 1 amide bonds. The lowest BCUT2D eigenvalue weighted by atomic mass is 10.1. The van der Waals surface area contributed by atoms with Crippen LogP contribution in [0, 0.1) is 10.1 Å². The molecule has 0 aliphatic carbocycles. The number of hydrogen-bond donors (Lipinski definition) is 0. The van der Waals surface area contributed by atoms with E-state index in [1.165, 1.54) is 37.3 Å². The Morgan fingerprint density at radius 3 is 2.20 bits per heavy atom. The van der Waals surface area contributed by atoms with E-state index in [0.717, 1.165) is 0 Å². The van der Waals surface area contributed by atoms with Crippen molar-refractivity contribution in [3.05, 3.63) is 82.4 Å². The molecule has 0 spiro atoms. The van der Waals surface area contributed by atoms with E-state index in [-0.39, 0.29) is 17.0 Å². The second-order valence-corrected chi connectivity index (χ2v) is 6.26. The maximum absolute atomic E-state index is 13.2. The topological polar surface area (TPSA) is 91.1 Å². The van der Waals surface area contributed by atoms with Gasteiger partial charge < -0.3 is 19.1 Å². The number of ether oxygens (including phenoxy) is 3. The average molecular weight is 408 g/mol. The molecule has 3 aromatic rings. The molecule has 0 unspecified atom stereocenters. The minimum Gasteiger partial charge on any atom is -0.493 e. The number of anilines is 1. The SMILES string of the molecule is COc1ccc(N(C)C(=O)c2cc([N+](=O)[O-])ccc2Oc2ccccc2)cc1OC. The third kappa shape index (κ3) is 4.33. The normalized spacial score (nSPS) is 10.2. The number of hydrogen-bond acceptors (Lipinski definition) is 6. The van der Waals surface area contributed by atoms with E-state index in [4.69, 9.17) is 14.2 Å². The fourth-order valence-electron chi connectivity index (χ4n) is 2.83. The number of benzene rings is 3. The molecule has 30 heavy (non-hydrogen) atoms. The van der Waals surface area contributed by atoms with Gasteiger partial charge >= 0.3 is 0 Å². The quantitative estimate of drug-likeness (QED) is 0.416. The molecular weight excluding hydrogens is 388 g/mol. The molecule has 0 bridgehead atoms. The predicted octanol–water partition coefficient (Wildman–Crippen LogP) is 4.68. The second kappa shape index (κ2) is 8.95. The lowest BCUT2D eigenvalue weighted by Gasteiger charge is -2.20. The van der Waals surface area contributed by atoms with Crippen LogP contribution in [0.4, 0.5) is 11.4 Å². The third-order valence-electron chi connectivity index (χ3n) is 4.43. The molecule has 0 aliphatic heterocycles. The Morgan fingerprint density at radius 2 is 1.57 bits per heavy atom. The van der Waals surface area contributed by atoms with Gasteiger partial charge in [0.1, 0.15) is 11.5 Å². The highest BCUT2D eigenvalue weighted by atomic mass is 16.6. The van der Waals surface area contributed by atoms with E-state index in [1.54, 1.807) is 49.5 Å². The fraction of sp³-hybridized carbons (Fsp3) is 0.136. The van der Waals surface area contributed by atoms with E-state index in [2.05, 4.69) is 0 Å². The zero-order chi connectivity index (χ0) is 21.7. The fourth-order valence-corrected chi connectivity index (χ4v) is 2.83. The maximum Gasteiger partial charge on any atom is 0.270 e. The monoisotopic (exact) mass is 408 g/mol. The summed E-state index contributed by atoms with van der Waals surface area (Å²) >= 11 is 0. The summed E-state index contributed by atoms with van der Waals surface area (Å²) in [6.07, 6.45) is 0. The van der Waals surface area contributed by atoms with Crippen molar-refractivity contribution in [2.24, 2.45) is 0 Å². The number of methoxy groups -OCH3 is 2. The molecule has 0 N–H and O–H groups in total. The van der Waals surface area contributed by atoms with Gasteiger partial charge in [0.15, 0.2) is 11.5 Å². The average Bonchev–Trinajstić information content (AvgIpc) is 2.78. The van der Waals surface area contributed by atoms with Crippen molar-refractivity contribution in [2.75, 3.05) is 26.2 Å². The molecule has 8 heteroatoms. The van der Waals surface area contributed by atoms with Gasteiger partial charge in [-0.3, -0.25) is 14.9 Å². The zero-order valence-corrected chi connectivity index (χ0v) is 16.7. The van der Waals surface area contributed by atoms with Crippen molar-refractivity contribution in [3.63, 3.8) is 0 Å². The molecule has 0 aromatic heterocycles. The van der Waals surface area contributed by atoms with E-state index in [1.807, 2.05) is 6.07 Å². The van der Waals surface area contributed by atoms with Crippen LogP contribution in [0.1, 0.15) is 10.4 Å². The van der Waals surface area contributed by atoms with E-state index in [9.17, 15) is 14.9 Å². The second-order valence-electron chi connectivity index (χ2n) is 6.26. The number of carbonyl (C=O) groups excluding carboxylic acids is 1. The first-order valence-electron chi connectivity index (χ1n) is 8.96. The molecule has 8 nitrogen and oxygen atoms in total. The van der Waals surface area contributed by atoms with Gasteiger partial charge in [-0.05, 0) is 30.3 Å². The maximum atomic E-state index is 13.2. The highest BCUT2D eigenvalue weighted by molar-refractivity contribution is 6.08. The predicted molar refractivity (Wildman–Crippen MR) is 112 cm³/mol. The highest BCUT2D eigenvalue weighted by Crippen LogP contribution is 2.34. The smallest absolute Gasteiger partial charge is 0.270 e. The van der Waals surface area contributed by atoms with Gasteiger partial charge in [0.05, 0.1) is 24.7 Å². The van der Waals surface area contributed by atoms with Crippen molar-refractivity contribution in [2.45, 2.75) is 0 Å². The molecule has 0 aliphatic rings. The summed E-state index contributed by atoms with van der Waals surface area (Å²) in [7, 11) is 4.58. The Labute approximate surface area is 173 Å². The van der Waals surface area contributed by atoms with E-state index < -0.39 is 10.8 Å². The van der Waals surface area contributed by atoms with Crippen LogP contribution in [-0.2, 0) is 0 Å². The van der Waals surface area contributed by atoms with Gasteiger partial charge in [-0.25, -0.2) is 0 Å². The van der Waals surface area contributed by atoms with Crippen molar-refractivity contribution in [1.82, 2.24) is 0 Å². The summed E-state index contributed by atoms with van der Waals surface area (Å²) in [5, 5.41) is 11.2. The number of nitro groups is 1. The van der Waals surface area contributed by atoms with Crippen LogP contribution in [0.3, 0.4) is 0 Å². The standard InChI is InChI=1S/C22H20N2O6/c1-23(15-9-12-20(28-2)21(14-15)29-3)22(25)18-13-16(24(26)27)10-11-19(18)30-17-7-5-4-6-8-17/h4-14H,1-3H3. The highest BCUT2D eigenvalue weighted by Gasteiger charge is 2.23. The van der Waals surface area contributed by atoms with Gasteiger partial charge in [-0.15, -0.1) is 0 Å². The summed E-state index contributed by atoms with van der Waals surface area (Å²) in [6.45, 7) is 0. The van der Waals surface area contributed by atoms with Gasteiger partial charge in [0, 0.05) is 30.9 Å². The minimum absolute atomic E-state index is 0.0605. The number of nitro benzene ring substituents is 1. The molecule has 0 heterocycles. The molecule has 154 valence electrons. The van der Waals surface area contributed by atoms with Crippen molar-refractivity contribution in [3.8, 4) is 23.0 Å². The molecule has 3 rings (SSSR count). The van der Waals surface area contributed by atoms with Crippen LogP contribution in [-0.4, -0.2) is 32.1 Å². The van der Waals surface area contributed by atoms with Crippen LogP contribution in [0.25, 0.3) is 0 Å². The minimum atomic E-state index is -0.556. The van der Waals surface area contributed by atoms with Crippen molar-refractivity contribution < 1.29 is 23.9 Å². The first kappa shape index (κ1) is 20.7. The number of para-hydroxylation sites is 1. The summed E-state index contributed by atoms with van der Waals surface area (Å²) in [6, 6.07) is 17.8. The molecule has 0 saturated carbocycles. The molecule has 0 radical (unpaired) electrons. The van der Waals surface area contributed by atoms with Crippen LogP contribution in [0.5, 0.6) is 23.0 Å². The number of rotatable bonds is 7.